The van der Waals surface area contributed by atoms with Gasteiger partial charge in [0, 0.05) is 6.42 Å². The molecule has 0 amide bonds. The van der Waals surface area contributed by atoms with E-state index in [-0.39, 0.29) is 0 Å². The molecule has 1 heteroatoms. The molecule has 0 nitrogen and oxygen atoms in total. The van der Waals surface area contributed by atoms with E-state index >= 15 is 0 Å². The summed E-state index contributed by atoms with van der Waals surface area (Å²) in [6.07, 6.45) is 3.08. The number of alkyl halides is 1. The highest BCUT2D eigenvalue weighted by molar-refractivity contribution is 4.98. The lowest BCUT2D eigenvalue weighted by molar-refractivity contribution is 0.572. The molecule has 0 aromatic rings. The third kappa shape index (κ3) is 5.49. The van der Waals surface area contributed by atoms with E-state index in [1.807, 2.05) is 0 Å². The van der Waals surface area contributed by atoms with Crippen molar-refractivity contribution in [2.75, 3.05) is 6.67 Å². The first kappa shape index (κ1) is 7.49. The second-order valence-corrected chi connectivity index (χ2v) is 1.59. The fourth-order valence-electron chi connectivity index (χ4n) is 0.401. The van der Waals surface area contributed by atoms with Crippen molar-refractivity contribution in [1.82, 2.24) is 0 Å². The lowest BCUT2D eigenvalue weighted by Crippen LogP contribution is -1.67. The predicted molar refractivity (Wildman–Crippen MR) is 33.3 cm³/mol. The minimum atomic E-state index is -0.496. The van der Waals surface area contributed by atoms with E-state index in [0.717, 1.165) is 19.3 Å². The molecule has 0 unspecified atom stereocenters. The zero-order valence-electron chi connectivity index (χ0n) is 5.21. The van der Waals surface area contributed by atoms with Crippen LogP contribution in [0.25, 0.3) is 0 Å². The van der Waals surface area contributed by atoms with Crippen LogP contribution in [0.3, 0.4) is 0 Å². The summed E-state index contributed by atoms with van der Waals surface area (Å²) in [7, 11) is 0. The summed E-state index contributed by atoms with van der Waals surface area (Å²) in [6.45, 7) is 1.60. The standard InChI is InChI=1S/C7H11F/c1-2-3-4-5-6-7-8/h2-4,7H2,1H3. The topological polar surface area (TPSA) is 0 Å². The summed E-state index contributed by atoms with van der Waals surface area (Å²) < 4.78 is 11.2. The van der Waals surface area contributed by atoms with Crippen LogP contribution in [0.1, 0.15) is 26.2 Å². The molecule has 0 spiro atoms. The first-order valence-corrected chi connectivity index (χ1v) is 2.93. The minimum Gasteiger partial charge on any atom is -0.237 e. The van der Waals surface area contributed by atoms with Crippen molar-refractivity contribution >= 4 is 0 Å². The van der Waals surface area contributed by atoms with Crippen LogP contribution in [-0.4, -0.2) is 6.67 Å². The molecule has 46 valence electrons. The maximum absolute atomic E-state index is 11.2. The number of halogens is 1. The Labute approximate surface area is 50.1 Å². The molecular formula is C7H11F. The largest absolute Gasteiger partial charge is 0.237 e. The second kappa shape index (κ2) is 6.49. The highest BCUT2D eigenvalue weighted by Crippen LogP contribution is 1.89. The van der Waals surface area contributed by atoms with Crippen molar-refractivity contribution in [3.8, 4) is 11.8 Å². The first-order chi connectivity index (χ1) is 3.91. The van der Waals surface area contributed by atoms with Gasteiger partial charge >= 0.3 is 0 Å². The fourth-order valence-corrected chi connectivity index (χ4v) is 0.401. The molecule has 0 radical (unpaired) electrons. The van der Waals surface area contributed by atoms with Crippen molar-refractivity contribution in [3.63, 3.8) is 0 Å². The first-order valence-electron chi connectivity index (χ1n) is 2.93. The van der Waals surface area contributed by atoms with Gasteiger partial charge in [-0.1, -0.05) is 19.3 Å². The third-order valence-corrected chi connectivity index (χ3v) is 0.847. The molecule has 0 saturated heterocycles. The highest BCUT2D eigenvalue weighted by atomic mass is 19.1. The van der Waals surface area contributed by atoms with Gasteiger partial charge in [-0.25, -0.2) is 4.39 Å². The summed E-state index contributed by atoms with van der Waals surface area (Å²) >= 11 is 0. The van der Waals surface area contributed by atoms with E-state index in [9.17, 15) is 4.39 Å². The Bertz CT molecular complexity index is 86.3. The van der Waals surface area contributed by atoms with Gasteiger partial charge in [-0.15, -0.1) is 5.92 Å². The molecule has 0 saturated carbocycles. The van der Waals surface area contributed by atoms with E-state index in [1.54, 1.807) is 0 Å². The molecule has 0 fully saturated rings. The molecule has 0 aromatic carbocycles. The molecule has 0 aromatic heterocycles. The second-order valence-electron chi connectivity index (χ2n) is 1.59. The maximum Gasteiger partial charge on any atom is 0.150 e. The molecule has 0 aliphatic rings. The smallest absolute Gasteiger partial charge is 0.150 e. The predicted octanol–water partition coefficient (Wildman–Crippen LogP) is 2.15. The average molecular weight is 114 g/mol. The van der Waals surface area contributed by atoms with Gasteiger partial charge in [0.15, 0.2) is 0 Å². The van der Waals surface area contributed by atoms with Crippen molar-refractivity contribution in [2.45, 2.75) is 26.2 Å². The number of rotatable bonds is 2. The van der Waals surface area contributed by atoms with Crippen molar-refractivity contribution in [2.24, 2.45) is 0 Å². The molecule has 0 N–H and O–H groups in total. The van der Waals surface area contributed by atoms with Crippen molar-refractivity contribution in [1.29, 1.82) is 0 Å². The van der Waals surface area contributed by atoms with Crippen molar-refractivity contribution < 1.29 is 4.39 Å². The van der Waals surface area contributed by atoms with E-state index < -0.39 is 6.67 Å². The average Bonchev–Trinajstić information content (AvgIpc) is 1.81. The van der Waals surface area contributed by atoms with Gasteiger partial charge in [0.1, 0.15) is 6.67 Å². The Morgan fingerprint density at radius 1 is 1.38 bits per heavy atom. The zero-order chi connectivity index (χ0) is 6.24. The fraction of sp³-hybridized carbons (Fsp3) is 0.714. The molecule has 0 aliphatic carbocycles. The lowest BCUT2D eigenvalue weighted by Gasteiger charge is -1.81. The van der Waals surface area contributed by atoms with Crippen molar-refractivity contribution in [3.05, 3.63) is 0 Å². The van der Waals surface area contributed by atoms with Crippen LogP contribution in [0.15, 0.2) is 0 Å². The Morgan fingerprint density at radius 3 is 2.62 bits per heavy atom. The monoisotopic (exact) mass is 114 g/mol. The molecule has 0 heterocycles. The number of hydrogen-bond donors (Lipinski definition) is 0. The third-order valence-electron chi connectivity index (χ3n) is 0.847. The highest BCUT2D eigenvalue weighted by Gasteiger charge is 1.74. The van der Waals surface area contributed by atoms with E-state index in [0.29, 0.717) is 0 Å². The minimum absolute atomic E-state index is 0.496. The van der Waals surface area contributed by atoms with Gasteiger partial charge in [0.05, 0.1) is 0 Å². The van der Waals surface area contributed by atoms with E-state index in [1.165, 1.54) is 0 Å². The van der Waals surface area contributed by atoms with Crippen LogP contribution in [0.4, 0.5) is 4.39 Å². The van der Waals surface area contributed by atoms with Crippen LogP contribution < -0.4 is 0 Å². The quantitative estimate of drug-likeness (QED) is 0.381. The van der Waals surface area contributed by atoms with Gasteiger partial charge in [0.2, 0.25) is 0 Å². The Kier molecular flexibility index (Phi) is 6.08. The van der Waals surface area contributed by atoms with Gasteiger partial charge in [-0.05, 0) is 6.42 Å². The molecule has 0 atom stereocenters. The van der Waals surface area contributed by atoms with Crippen LogP contribution in [-0.2, 0) is 0 Å². The summed E-state index contributed by atoms with van der Waals surface area (Å²) in [6, 6.07) is 0. The molecule has 8 heavy (non-hydrogen) atoms. The van der Waals surface area contributed by atoms with Crippen LogP contribution >= 0.6 is 0 Å². The maximum atomic E-state index is 11.2. The number of hydrogen-bond acceptors (Lipinski definition) is 0. The van der Waals surface area contributed by atoms with Gasteiger partial charge in [0.25, 0.3) is 0 Å². The Morgan fingerprint density at radius 2 is 2.12 bits per heavy atom. The van der Waals surface area contributed by atoms with Crippen LogP contribution in [0.5, 0.6) is 0 Å². The SMILES string of the molecule is CCCCC#CCF. The molecule has 0 rings (SSSR count). The van der Waals surface area contributed by atoms with E-state index in [2.05, 4.69) is 18.8 Å². The number of unbranched alkanes of at least 4 members (excludes halogenated alkanes) is 2. The Hall–Kier alpha value is -0.510. The lowest BCUT2D eigenvalue weighted by atomic mass is 10.3. The Balaban J connectivity index is 2.90. The van der Waals surface area contributed by atoms with Crippen LogP contribution in [0, 0.1) is 11.8 Å². The molecule has 0 bridgehead atoms. The molecule has 0 aliphatic heterocycles. The zero-order valence-corrected chi connectivity index (χ0v) is 5.21. The van der Waals surface area contributed by atoms with Gasteiger partial charge in [-0.2, -0.15) is 0 Å². The van der Waals surface area contributed by atoms with E-state index in [4.69, 9.17) is 0 Å². The van der Waals surface area contributed by atoms with Gasteiger partial charge < -0.3 is 0 Å². The summed E-state index contributed by atoms with van der Waals surface area (Å²) in [4.78, 5) is 0. The van der Waals surface area contributed by atoms with Gasteiger partial charge in [-0.3, -0.25) is 0 Å². The molecular weight excluding hydrogens is 103 g/mol. The summed E-state index contributed by atoms with van der Waals surface area (Å²) in [5.74, 6) is 5.08. The van der Waals surface area contributed by atoms with Crippen LogP contribution in [0.2, 0.25) is 0 Å². The summed E-state index contributed by atoms with van der Waals surface area (Å²) in [5, 5.41) is 0. The summed E-state index contributed by atoms with van der Waals surface area (Å²) in [5.41, 5.74) is 0. The normalized spacial score (nSPS) is 7.75.